The number of rotatable bonds is 16. The molecule has 28 nitrogen and oxygen atoms in total. The smallest absolute Gasteiger partial charge is 0.349 e. The van der Waals surface area contributed by atoms with Crippen molar-refractivity contribution in [2.75, 3.05) is 54.0 Å². The molecule has 3 fully saturated rings. The number of aryl methyl sites for hydroxylation is 3. The Morgan fingerprint density at radius 3 is 1.18 bits per heavy atom. The first-order valence-electron chi connectivity index (χ1n) is 41.2. The molecule has 3 saturated heterocycles. The van der Waals surface area contributed by atoms with Crippen LogP contribution < -0.4 is 37.3 Å². The normalized spacial score (nSPS) is 17.4. The lowest BCUT2D eigenvalue weighted by Gasteiger charge is -2.44. The summed E-state index contributed by atoms with van der Waals surface area (Å²) < 4.78 is 35.4. The molecule has 3 aliphatic heterocycles. The number of piperazine rings is 3. The van der Waals surface area contributed by atoms with E-state index in [1.807, 2.05) is 133 Å². The largest absolute Gasteiger partial charge is 0.356 e. The maximum absolute atomic E-state index is 15.0. The number of carbonyl (C=O) groups is 3. The zero-order valence-corrected chi connectivity index (χ0v) is 75.7. The van der Waals surface area contributed by atoms with Gasteiger partial charge in [0, 0.05) is 99.9 Å². The number of hydrogen-bond donors (Lipinski definition) is 0. The van der Waals surface area contributed by atoms with E-state index in [9.17, 15) is 38.0 Å². The molecule has 2 aromatic carbocycles. The van der Waals surface area contributed by atoms with Crippen molar-refractivity contribution in [1.29, 1.82) is 0 Å². The van der Waals surface area contributed by atoms with Gasteiger partial charge in [-0.3, -0.25) is 24.2 Å². The molecule has 0 N–H and O–H groups in total. The molecule has 34 heteroatoms. The van der Waals surface area contributed by atoms with Crippen molar-refractivity contribution in [1.82, 2.24) is 87.8 Å². The Hall–Kier alpha value is -12.2. The predicted molar refractivity (Wildman–Crippen MR) is 489 cm³/mol. The first-order valence-corrected chi connectivity index (χ1v) is 43.2. The molecule has 125 heavy (non-hydrogen) atoms. The Labute approximate surface area is 740 Å². The highest BCUT2D eigenvalue weighted by Crippen LogP contribution is 2.43. The van der Waals surface area contributed by atoms with Gasteiger partial charge in [-0.25, -0.2) is 71.8 Å². The highest BCUT2D eigenvalue weighted by atomic mass is 35.5. The highest BCUT2D eigenvalue weighted by molar-refractivity contribution is 7.13. The number of thiazole rings is 1. The Balaban J connectivity index is 0.000000161. The van der Waals surface area contributed by atoms with Crippen molar-refractivity contribution in [3.63, 3.8) is 0 Å². The summed E-state index contributed by atoms with van der Waals surface area (Å²) in [6.45, 7) is 44.8. The van der Waals surface area contributed by atoms with Gasteiger partial charge < -0.3 is 34.0 Å². The predicted octanol–water partition coefficient (Wildman–Crippen LogP) is 15.3. The number of nitrogens with zero attached hydrogens (tertiary/aromatic N) is 21. The average Bonchev–Trinajstić information content (AvgIpc) is 1.49. The number of benzene rings is 2. The molecule has 10 aromatic heterocycles. The van der Waals surface area contributed by atoms with Crippen LogP contribution in [-0.2, 0) is 21.4 Å². The van der Waals surface area contributed by atoms with Gasteiger partial charge in [0.1, 0.15) is 46.8 Å². The zero-order chi connectivity index (χ0) is 90.5. The number of fused-ring (bicyclic) bond motifs is 3. The first-order chi connectivity index (χ1) is 59.4. The second-order valence-electron chi connectivity index (χ2n) is 33.0. The second-order valence-corrected chi connectivity index (χ2v) is 35.0. The molecule has 0 saturated carbocycles. The van der Waals surface area contributed by atoms with Gasteiger partial charge in [0.25, 0.3) is 5.56 Å². The Bertz CT molecular complexity index is 6540. The van der Waals surface area contributed by atoms with E-state index in [2.05, 4.69) is 64.5 Å². The van der Waals surface area contributed by atoms with Crippen molar-refractivity contribution in [3.8, 4) is 50.1 Å². The van der Waals surface area contributed by atoms with Gasteiger partial charge in [-0.1, -0.05) is 134 Å². The summed E-state index contributed by atoms with van der Waals surface area (Å²) in [7, 11) is 1.54. The van der Waals surface area contributed by atoms with Gasteiger partial charge in [-0.05, 0) is 151 Å². The fourth-order valence-corrected chi connectivity index (χ4v) is 18.0. The minimum Gasteiger partial charge on any atom is -0.349 e. The van der Waals surface area contributed by atoms with Crippen molar-refractivity contribution >= 4 is 114 Å². The van der Waals surface area contributed by atoms with Crippen molar-refractivity contribution in [2.45, 2.75) is 171 Å². The second kappa shape index (κ2) is 36.9. The minimum atomic E-state index is -0.747. The molecule has 3 amide bonds. The molecule has 6 atom stereocenters. The van der Waals surface area contributed by atoms with Crippen molar-refractivity contribution in [3.05, 3.63) is 238 Å². The third-order valence-electron chi connectivity index (χ3n) is 22.8. The van der Waals surface area contributed by atoms with E-state index in [0.717, 1.165) is 26.4 Å². The molecular weight excluding hydrogens is 1680 g/mol. The molecule has 6 unspecified atom stereocenters. The number of carbonyl (C=O) groups excluding carboxylic acids is 3. The van der Waals surface area contributed by atoms with E-state index in [1.165, 1.54) is 63.5 Å². The van der Waals surface area contributed by atoms with Gasteiger partial charge in [-0.2, -0.15) is 15.0 Å². The molecule has 650 valence electrons. The van der Waals surface area contributed by atoms with Gasteiger partial charge in [-0.15, -0.1) is 11.3 Å². The van der Waals surface area contributed by atoms with Gasteiger partial charge in [0.15, 0.2) is 16.9 Å². The van der Waals surface area contributed by atoms with E-state index in [-0.39, 0.29) is 127 Å². The van der Waals surface area contributed by atoms with Crippen molar-refractivity contribution in [2.24, 2.45) is 7.05 Å². The lowest BCUT2D eigenvalue weighted by Crippen LogP contribution is -2.58. The quantitative estimate of drug-likeness (QED) is 0.0812. The van der Waals surface area contributed by atoms with E-state index in [1.54, 1.807) is 86.6 Å². The number of pyridine rings is 4. The molecule has 15 rings (SSSR count). The molecule has 0 radical (unpaired) electrons. The zero-order valence-electron chi connectivity index (χ0n) is 72.7. The van der Waals surface area contributed by atoms with Gasteiger partial charge in [0.05, 0.1) is 99.2 Å². The number of anilines is 3. The summed E-state index contributed by atoms with van der Waals surface area (Å²) in [5.41, 5.74) is 6.97. The van der Waals surface area contributed by atoms with E-state index in [0.29, 0.717) is 118 Å². The standard InChI is InChI=1S/C32H35ClFN7O2.C30H31ClFN7O3.C29H32ClN7O2S/c1-8-25(42)39-14-20(7)40(15-19(39)6)30-22-13-23(33)28(21-11-9-10-12-24(21)34)37-31(22)41(32(43)38-30)29-26(17(2)3)35-16-36-27(29)18(4)5;1-7-23(40)37-13-18(5)38(14-17(37)4)27-20-12-21(31)25(19-10-8-9-11-22(19)32)34-28(20)39(30(42)35-27)26-24(16(2)3)33-15-36(6)29(26)41;1-8-22(38)35-12-18(6)36(13-17(35)5)27-20-11-21(30)24(26-19(7)32-14-40-26)33-28(20)37(29(39)34-27)25-16(4)9-10-31-23(25)15(2)3/h8-13,16-20H,1,14-15H2,2-7H3;7-12,15-18H,1,13-14H2,2-6H3;8-11,14-15,17-18H,1,12-13H2,2-7H3. The summed E-state index contributed by atoms with van der Waals surface area (Å²) in [4.78, 5) is 156. The van der Waals surface area contributed by atoms with Crippen LogP contribution in [0.1, 0.15) is 155 Å². The Morgan fingerprint density at radius 1 is 0.456 bits per heavy atom. The first kappa shape index (κ1) is 90.5. The third kappa shape index (κ3) is 17.3. The Kier molecular flexibility index (Phi) is 26.7. The average molecular weight is 1770 g/mol. The van der Waals surface area contributed by atoms with Crippen LogP contribution in [0.2, 0.25) is 15.1 Å². The molecule has 3 aliphatic rings. The monoisotopic (exact) mass is 1770 g/mol. The summed E-state index contributed by atoms with van der Waals surface area (Å²) >= 11 is 21.9. The summed E-state index contributed by atoms with van der Waals surface area (Å²) in [6, 6.07) is 18.3. The summed E-state index contributed by atoms with van der Waals surface area (Å²) in [5, 5.41) is 2.36. The third-order valence-corrected chi connectivity index (χ3v) is 24.6. The maximum Gasteiger partial charge on any atom is 0.356 e. The maximum atomic E-state index is 15.0. The fourth-order valence-electron chi connectivity index (χ4n) is 16.4. The fraction of sp³-hybridized carbons (Fsp3) is 0.363. The van der Waals surface area contributed by atoms with Crippen LogP contribution in [0.25, 0.3) is 83.2 Å². The molecule has 13 heterocycles. The van der Waals surface area contributed by atoms with Crippen LogP contribution in [-0.4, -0.2) is 181 Å². The number of halogens is 5. The van der Waals surface area contributed by atoms with Crippen LogP contribution in [0.3, 0.4) is 0 Å². The summed E-state index contributed by atoms with van der Waals surface area (Å²) in [5.74, 6) is -0.549. The lowest BCUT2D eigenvalue weighted by atomic mass is 10.0. The minimum absolute atomic E-state index is 0.0150. The molecule has 12 aromatic rings. The molecule has 0 aliphatic carbocycles. The molecule has 0 bridgehead atoms. The van der Waals surface area contributed by atoms with Crippen molar-refractivity contribution < 1.29 is 23.2 Å². The van der Waals surface area contributed by atoms with Gasteiger partial charge in [0.2, 0.25) is 17.7 Å². The molecule has 0 spiro atoms. The number of amides is 3. The topological polar surface area (TPSA) is 300 Å². The SMILES string of the molecule is C=CC(=O)N1CC(C)N(c2nc(=O)n(-c3c(C(C)C)ncn(C)c3=O)c3nc(-c4ccccc4F)c(Cl)cc23)CC1C.C=CC(=O)N1CC(C)N(c2nc(=O)n(-c3c(C(C)C)ncnc3C(C)C)c3nc(-c4ccccc4F)c(Cl)cc23)CC1C.C=CC(=O)N1CC(C)N(c2nc(=O)n(-c3c(C)ccnc3C(C)C)c3nc(-c4scnc4C)c(Cl)cc23)CC1C. The number of hydrogen-bond acceptors (Lipinski definition) is 22. The van der Waals surface area contributed by atoms with Crippen LogP contribution >= 0.6 is 46.1 Å². The lowest BCUT2D eigenvalue weighted by molar-refractivity contribution is -0.129. The van der Waals surface area contributed by atoms with Crippen LogP contribution in [0, 0.1) is 25.5 Å². The highest BCUT2D eigenvalue weighted by Gasteiger charge is 2.39. The van der Waals surface area contributed by atoms with Crippen LogP contribution in [0.15, 0.2) is 154 Å². The van der Waals surface area contributed by atoms with E-state index >= 15 is 4.39 Å². The Morgan fingerprint density at radius 2 is 0.808 bits per heavy atom. The number of aromatic nitrogens is 15. The summed E-state index contributed by atoms with van der Waals surface area (Å²) in [6.07, 6.45) is 8.59. The molecular formula is C91H98Cl3F2N21O7S. The van der Waals surface area contributed by atoms with E-state index < -0.39 is 34.3 Å². The van der Waals surface area contributed by atoms with Gasteiger partial charge >= 0.3 is 17.1 Å². The van der Waals surface area contributed by atoms with Crippen LogP contribution in [0.4, 0.5) is 26.2 Å². The van der Waals surface area contributed by atoms with Crippen LogP contribution in [0.5, 0.6) is 0 Å². The van der Waals surface area contributed by atoms with E-state index in [4.69, 9.17) is 49.8 Å².